The third kappa shape index (κ3) is 2.83. The summed E-state index contributed by atoms with van der Waals surface area (Å²) in [6.07, 6.45) is 5.73. The Labute approximate surface area is 138 Å². The number of amides is 2. The van der Waals surface area contributed by atoms with E-state index in [1.807, 2.05) is 0 Å². The number of halogens is 1. The third-order valence-electron chi connectivity index (χ3n) is 4.76. The minimum Gasteiger partial charge on any atom is -0.331 e. The fourth-order valence-electron chi connectivity index (χ4n) is 3.48. The number of nitrogens with zero attached hydrogens (tertiary/aromatic N) is 5. The molecule has 1 fully saturated rings. The van der Waals surface area contributed by atoms with Crippen LogP contribution >= 0.6 is 0 Å². The summed E-state index contributed by atoms with van der Waals surface area (Å²) in [7, 11) is 0. The average Bonchev–Trinajstić information content (AvgIpc) is 3.29. The Morgan fingerprint density at radius 3 is 3.12 bits per heavy atom. The molecule has 1 N–H and O–H groups in total. The SMILES string of the molecule is O=C(NCc1nnc2n1CCC2)N1CCC(c2cncc(F)c2)C1. The number of fused-ring (bicyclic) bond motifs is 1. The molecule has 1 saturated heterocycles. The minimum absolute atomic E-state index is 0.114. The quantitative estimate of drug-likeness (QED) is 0.924. The second-order valence-electron chi connectivity index (χ2n) is 6.31. The van der Waals surface area contributed by atoms with E-state index in [1.165, 1.54) is 12.3 Å². The lowest BCUT2D eigenvalue weighted by molar-refractivity contribution is 0.207. The number of carbonyl (C=O) groups excluding carboxylic acids is 1. The van der Waals surface area contributed by atoms with Crippen LogP contribution in [0.3, 0.4) is 0 Å². The molecule has 24 heavy (non-hydrogen) atoms. The first-order valence-electron chi connectivity index (χ1n) is 8.25. The van der Waals surface area contributed by atoms with Gasteiger partial charge in [-0.05, 0) is 24.5 Å². The molecule has 2 aromatic heterocycles. The van der Waals surface area contributed by atoms with E-state index in [9.17, 15) is 9.18 Å². The van der Waals surface area contributed by atoms with Crippen molar-refractivity contribution in [2.24, 2.45) is 0 Å². The second-order valence-corrected chi connectivity index (χ2v) is 6.31. The number of likely N-dealkylation sites (tertiary alicyclic amines) is 1. The molecule has 0 radical (unpaired) electrons. The van der Waals surface area contributed by atoms with Gasteiger partial charge >= 0.3 is 6.03 Å². The van der Waals surface area contributed by atoms with E-state index in [2.05, 4.69) is 25.1 Å². The minimum atomic E-state index is -0.337. The molecular weight excluding hydrogens is 311 g/mol. The molecule has 0 spiro atoms. The molecule has 126 valence electrons. The van der Waals surface area contributed by atoms with Crippen molar-refractivity contribution in [3.8, 4) is 0 Å². The lowest BCUT2D eigenvalue weighted by Crippen LogP contribution is -2.38. The van der Waals surface area contributed by atoms with Crippen molar-refractivity contribution >= 4 is 6.03 Å². The van der Waals surface area contributed by atoms with Gasteiger partial charge in [-0.25, -0.2) is 9.18 Å². The van der Waals surface area contributed by atoms with Crippen LogP contribution in [0.15, 0.2) is 18.5 Å². The number of aryl methyl sites for hydroxylation is 1. The molecule has 1 unspecified atom stereocenters. The van der Waals surface area contributed by atoms with E-state index in [1.54, 1.807) is 11.1 Å². The maximum Gasteiger partial charge on any atom is 0.317 e. The van der Waals surface area contributed by atoms with Gasteiger partial charge in [0, 0.05) is 38.2 Å². The number of pyridine rings is 1. The van der Waals surface area contributed by atoms with Crippen LogP contribution in [0.4, 0.5) is 9.18 Å². The zero-order valence-corrected chi connectivity index (χ0v) is 13.3. The Hall–Kier alpha value is -2.51. The van der Waals surface area contributed by atoms with Gasteiger partial charge in [0.25, 0.3) is 0 Å². The summed E-state index contributed by atoms with van der Waals surface area (Å²) in [4.78, 5) is 18.0. The van der Waals surface area contributed by atoms with Crippen LogP contribution in [0.25, 0.3) is 0 Å². The van der Waals surface area contributed by atoms with Crippen LogP contribution in [0, 0.1) is 5.82 Å². The molecule has 0 bridgehead atoms. The normalized spacial score (nSPS) is 19.5. The van der Waals surface area contributed by atoms with Gasteiger partial charge in [-0.2, -0.15) is 0 Å². The van der Waals surface area contributed by atoms with Gasteiger partial charge in [0.2, 0.25) is 0 Å². The zero-order chi connectivity index (χ0) is 16.5. The monoisotopic (exact) mass is 330 g/mol. The Kier molecular flexibility index (Phi) is 3.87. The number of nitrogens with one attached hydrogen (secondary N) is 1. The van der Waals surface area contributed by atoms with Gasteiger partial charge in [0.1, 0.15) is 11.6 Å². The van der Waals surface area contributed by atoms with E-state index >= 15 is 0 Å². The highest BCUT2D eigenvalue weighted by Crippen LogP contribution is 2.27. The first-order valence-corrected chi connectivity index (χ1v) is 8.25. The van der Waals surface area contributed by atoms with Crippen LogP contribution in [0.1, 0.15) is 36.0 Å². The van der Waals surface area contributed by atoms with Crippen LogP contribution in [0.5, 0.6) is 0 Å². The first-order chi connectivity index (χ1) is 11.7. The molecule has 2 aromatic rings. The maximum absolute atomic E-state index is 13.3. The molecule has 2 aliphatic rings. The van der Waals surface area contributed by atoms with Crippen LogP contribution in [0.2, 0.25) is 0 Å². The molecule has 4 heterocycles. The maximum atomic E-state index is 13.3. The molecule has 4 rings (SSSR count). The van der Waals surface area contributed by atoms with Gasteiger partial charge < -0.3 is 14.8 Å². The number of hydrogen-bond donors (Lipinski definition) is 1. The van der Waals surface area contributed by atoms with Crippen LogP contribution in [-0.2, 0) is 19.5 Å². The van der Waals surface area contributed by atoms with Crippen LogP contribution in [-0.4, -0.2) is 43.8 Å². The molecule has 0 saturated carbocycles. The van der Waals surface area contributed by atoms with Crippen molar-refractivity contribution in [2.45, 2.75) is 38.3 Å². The summed E-state index contributed by atoms with van der Waals surface area (Å²) < 4.78 is 15.4. The summed E-state index contributed by atoms with van der Waals surface area (Å²) in [6, 6.07) is 1.38. The fourth-order valence-corrected chi connectivity index (χ4v) is 3.48. The zero-order valence-electron chi connectivity index (χ0n) is 13.3. The van der Waals surface area contributed by atoms with Crippen molar-refractivity contribution in [3.05, 3.63) is 41.5 Å². The molecular formula is C16H19FN6O. The molecule has 2 aliphatic heterocycles. The Morgan fingerprint density at radius 1 is 1.33 bits per heavy atom. The van der Waals surface area contributed by atoms with Gasteiger partial charge in [0.05, 0.1) is 12.7 Å². The second kappa shape index (κ2) is 6.18. The van der Waals surface area contributed by atoms with Crippen molar-refractivity contribution in [1.82, 2.24) is 30.0 Å². The Bertz CT molecular complexity index is 761. The number of rotatable bonds is 3. The standard InChI is InChI=1S/C16H19FN6O/c17-13-6-12(7-18-8-13)11-3-5-22(10-11)16(24)19-9-15-21-20-14-2-1-4-23(14)15/h6-8,11H,1-5,9-10H2,(H,19,24). The Morgan fingerprint density at radius 2 is 2.25 bits per heavy atom. The summed E-state index contributed by atoms with van der Waals surface area (Å²) in [6.45, 7) is 2.54. The molecule has 0 aromatic carbocycles. The topological polar surface area (TPSA) is 75.9 Å². The van der Waals surface area contributed by atoms with Gasteiger partial charge in [-0.15, -0.1) is 10.2 Å². The molecule has 7 nitrogen and oxygen atoms in total. The van der Waals surface area contributed by atoms with E-state index in [0.29, 0.717) is 19.6 Å². The van der Waals surface area contributed by atoms with Crippen molar-refractivity contribution in [3.63, 3.8) is 0 Å². The summed E-state index contributed by atoms with van der Waals surface area (Å²) in [5.74, 6) is 1.60. The third-order valence-corrected chi connectivity index (χ3v) is 4.76. The molecule has 2 amide bonds. The smallest absolute Gasteiger partial charge is 0.317 e. The summed E-state index contributed by atoms with van der Waals surface area (Å²) in [5.41, 5.74) is 0.848. The van der Waals surface area contributed by atoms with Crippen molar-refractivity contribution < 1.29 is 9.18 Å². The molecule has 1 atom stereocenters. The largest absolute Gasteiger partial charge is 0.331 e. The molecule has 0 aliphatic carbocycles. The lowest BCUT2D eigenvalue weighted by Gasteiger charge is -2.17. The van der Waals surface area contributed by atoms with E-state index in [4.69, 9.17) is 0 Å². The van der Waals surface area contributed by atoms with E-state index in [0.717, 1.165) is 43.0 Å². The van der Waals surface area contributed by atoms with Crippen molar-refractivity contribution in [2.75, 3.05) is 13.1 Å². The van der Waals surface area contributed by atoms with Crippen molar-refractivity contribution in [1.29, 1.82) is 0 Å². The fraction of sp³-hybridized carbons (Fsp3) is 0.500. The highest BCUT2D eigenvalue weighted by Gasteiger charge is 2.28. The number of urea groups is 1. The Balaban J connectivity index is 1.34. The predicted molar refractivity (Wildman–Crippen MR) is 83.7 cm³/mol. The number of aromatic nitrogens is 4. The van der Waals surface area contributed by atoms with Crippen LogP contribution < -0.4 is 5.32 Å². The highest BCUT2D eigenvalue weighted by molar-refractivity contribution is 5.74. The summed E-state index contributed by atoms with van der Waals surface area (Å²) >= 11 is 0. The summed E-state index contributed by atoms with van der Waals surface area (Å²) in [5, 5.41) is 11.2. The highest BCUT2D eigenvalue weighted by atomic mass is 19.1. The number of carbonyl (C=O) groups is 1. The lowest BCUT2D eigenvalue weighted by atomic mass is 10.0. The average molecular weight is 330 g/mol. The molecule has 8 heteroatoms. The van der Waals surface area contributed by atoms with Gasteiger partial charge in [-0.3, -0.25) is 4.98 Å². The number of hydrogen-bond acceptors (Lipinski definition) is 4. The first kappa shape index (κ1) is 15.0. The van der Waals surface area contributed by atoms with E-state index in [-0.39, 0.29) is 17.8 Å². The van der Waals surface area contributed by atoms with E-state index < -0.39 is 0 Å². The van der Waals surface area contributed by atoms with Gasteiger partial charge in [0.15, 0.2) is 5.82 Å². The predicted octanol–water partition coefficient (Wildman–Crippen LogP) is 1.46. The van der Waals surface area contributed by atoms with Gasteiger partial charge in [-0.1, -0.05) is 0 Å².